The minimum absolute atomic E-state index is 0.447. The van der Waals surface area contributed by atoms with Crippen LogP contribution < -0.4 is 16.0 Å². The van der Waals surface area contributed by atoms with Gasteiger partial charge in [-0.3, -0.25) is 19.9 Å². The Morgan fingerprint density at radius 3 is 1.58 bits per heavy atom. The van der Waals surface area contributed by atoms with E-state index in [1.165, 1.54) is 38.2 Å². The van der Waals surface area contributed by atoms with E-state index in [1.54, 1.807) is 23.5 Å². The maximum atomic E-state index is 5.48. The lowest BCUT2D eigenvalue weighted by molar-refractivity contribution is 0.666. The summed E-state index contributed by atoms with van der Waals surface area (Å²) in [5.41, 5.74) is 21.5. The normalized spacial score (nSPS) is 11.8. The van der Waals surface area contributed by atoms with Gasteiger partial charge in [0.2, 0.25) is 0 Å². The Morgan fingerprint density at radius 1 is 0.365 bits per heavy atom. The Bertz CT molecular complexity index is 6260. The number of benzene rings is 5. The van der Waals surface area contributed by atoms with Crippen LogP contribution in [-0.2, 0) is 39.0 Å². The zero-order valence-corrected chi connectivity index (χ0v) is 57.2. The second kappa shape index (κ2) is 27.1. The van der Waals surface area contributed by atoms with Gasteiger partial charge in [-0.05, 0) is 175 Å². The third kappa shape index (κ3) is 12.5. The van der Waals surface area contributed by atoms with Crippen LogP contribution in [0.1, 0.15) is 51.2 Å². The zero-order chi connectivity index (χ0) is 69.6. The fraction of sp³-hybridized carbons (Fsp3) is 0.134. The summed E-state index contributed by atoms with van der Waals surface area (Å²) < 4.78 is 5.41. The molecule has 0 radical (unpaired) electrons. The second-order valence-corrected chi connectivity index (χ2v) is 26.2. The van der Waals surface area contributed by atoms with Crippen molar-refractivity contribution in [3.63, 3.8) is 0 Å². The molecule has 0 atom stereocenters. The van der Waals surface area contributed by atoms with Gasteiger partial charge in [-0.2, -0.15) is 15.3 Å². The van der Waals surface area contributed by atoms with Gasteiger partial charge in [-0.1, -0.05) is 103 Å². The van der Waals surface area contributed by atoms with Gasteiger partial charge >= 0.3 is 0 Å². The monoisotopic (exact) mass is 1360 g/mol. The molecule has 18 aromatic rings. The number of nitrogens with one attached hydrogen (secondary N) is 6. The van der Waals surface area contributed by atoms with E-state index in [0.29, 0.717) is 66.8 Å². The smallest absolute Gasteiger partial charge is 0.163 e. The molecule has 18 rings (SSSR count). The molecular weight excluding hydrogens is 1290 g/mol. The number of hydrogen-bond donors (Lipinski definition) is 6. The fourth-order valence-electron chi connectivity index (χ4n) is 14.2. The molecule has 5 aromatic carbocycles. The van der Waals surface area contributed by atoms with Crippen molar-refractivity contribution in [2.45, 2.75) is 59.8 Å². The van der Waals surface area contributed by atoms with E-state index in [-0.39, 0.29) is 0 Å². The lowest BCUT2D eigenvalue weighted by Crippen LogP contribution is -2.17. The van der Waals surface area contributed by atoms with Crippen LogP contribution in [0.5, 0.6) is 0 Å². The molecule has 13 aromatic heterocycles. The maximum absolute atomic E-state index is 5.48. The highest BCUT2D eigenvalue weighted by atomic mass is 15.3. The first-order chi connectivity index (χ1) is 51.2. The largest absolute Gasteiger partial charge is 0.340 e. The molecule has 0 fully saturated rings. The molecule has 0 saturated carbocycles. The lowest BCUT2D eigenvalue weighted by atomic mass is 9.99. The van der Waals surface area contributed by atoms with Crippen molar-refractivity contribution in [3.05, 3.63) is 277 Å². The van der Waals surface area contributed by atoms with E-state index in [9.17, 15) is 0 Å². The Morgan fingerprint density at radius 2 is 0.904 bits per heavy atom. The number of aryl methyl sites for hydroxylation is 3. The third-order valence-corrected chi connectivity index (χ3v) is 19.1. The number of aromatic amines is 3. The average molecular weight is 1360 g/mol. The Labute approximate surface area is 596 Å². The van der Waals surface area contributed by atoms with Gasteiger partial charge < -0.3 is 30.9 Å². The first-order valence-corrected chi connectivity index (χ1v) is 34.7. The summed E-state index contributed by atoms with van der Waals surface area (Å²) in [6, 6.07) is 63.0. The highest BCUT2D eigenvalue weighted by molar-refractivity contribution is 5.91. The molecule has 0 aliphatic rings. The van der Waals surface area contributed by atoms with Crippen molar-refractivity contribution < 1.29 is 0 Å². The lowest BCUT2D eigenvalue weighted by Gasteiger charge is -2.12. The predicted octanol–water partition coefficient (Wildman–Crippen LogP) is 14.2. The van der Waals surface area contributed by atoms with Crippen molar-refractivity contribution in [1.29, 1.82) is 0 Å². The maximum Gasteiger partial charge on any atom is 0.163 e. The molecule has 104 heavy (non-hydrogen) atoms. The van der Waals surface area contributed by atoms with E-state index in [2.05, 4.69) is 192 Å². The van der Waals surface area contributed by atoms with Crippen molar-refractivity contribution >= 4 is 49.4 Å². The van der Waals surface area contributed by atoms with Gasteiger partial charge in [0.1, 0.15) is 53.5 Å². The van der Waals surface area contributed by atoms with Crippen LogP contribution in [0.2, 0.25) is 0 Å². The number of aromatic nitrogens is 19. The van der Waals surface area contributed by atoms with Crippen molar-refractivity contribution in [3.8, 4) is 90.2 Å². The number of imidazole rings is 3. The van der Waals surface area contributed by atoms with E-state index in [0.717, 1.165) is 138 Å². The number of fused-ring (bicyclic) bond motifs is 6. The topological polar surface area (TPSA) is 264 Å². The van der Waals surface area contributed by atoms with Gasteiger partial charge in [-0.15, -0.1) is 0 Å². The van der Waals surface area contributed by atoms with Crippen LogP contribution >= 0.6 is 0 Å². The molecule has 0 bridgehead atoms. The number of rotatable bonds is 22. The summed E-state index contributed by atoms with van der Waals surface area (Å²) >= 11 is 0. The molecule has 22 nitrogen and oxygen atoms in total. The van der Waals surface area contributed by atoms with E-state index in [1.807, 2.05) is 91.0 Å². The van der Waals surface area contributed by atoms with Crippen LogP contribution in [0.15, 0.2) is 226 Å². The average Bonchev–Trinajstić information content (AvgIpc) is 1.55. The van der Waals surface area contributed by atoms with Crippen molar-refractivity contribution in [2.75, 3.05) is 13.1 Å². The number of hydrogen-bond acceptors (Lipinski definition) is 16. The minimum Gasteiger partial charge on any atom is -0.340 e. The highest BCUT2D eigenvalue weighted by Crippen LogP contribution is 2.40. The Balaban J connectivity index is 0.711. The van der Waals surface area contributed by atoms with E-state index < -0.39 is 0 Å². The standard InChI is InChI=1S/C82H68N22/c1-49-12-10-21-68(93-49)78-76(98-73(99-78)42-85-39-52-22-23-53-13-4-5-15-57(53)34-52)61-35-65(81-88-47-91-103(81)44-61)60-33-51(3)95-70(38-60)80-77(97-72(101-80)41-83-29-26-55-17-11-16-54-14-6-7-18-63(54)55)62-36-66(82-89-48-92-104(82)45-62)59-32-50(2)94-69(37-59)79-75(58-24-25-74-87-46-90-102(74)43-58)96-71(100-79)40-84-30-27-56-28-31-86-67-20-9-8-19-64(56)67/h4-25,28,31-38,43-48,83-85H,26-27,29-30,39-42H2,1-3H3,(H,96,100)(H,97,101)(H,98,99). The molecule has 0 amide bonds. The fourth-order valence-corrected chi connectivity index (χ4v) is 14.2. The van der Waals surface area contributed by atoms with Gasteiger partial charge in [0.25, 0.3) is 0 Å². The molecule has 0 spiro atoms. The zero-order valence-electron chi connectivity index (χ0n) is 57.2. The Hall–Kier alpha value is -13.2. The number of nitrogens with zero attached hydrogens (tertiary/aromatic N) is 16. The summed E-state index contributed by atoms with van der Waals surface area (Å²) in [6.45, 7) is 9.53. The van der Waals surface area contributed by atoms with E-state index >= 15 is 0 Å². The minimum atomic E-state index is 0.447. The van der Waals surface area contributed by atoms with Gasteiger partial charge in [-0.25, -0.2) is 43.5 Å². The SMILES string of the molecule is Cc1cc(-c2cc(-c3[nH]c(CNCc4ccc5ccccc5c4)nc3-c3cccc(C)n3)cn3ncnc23)cc(-c2nc(CNCCc3cccc4ccccc34)[nH]c2-c2cc(-c3cc(C)nc(-c4nc(CNCCc5ccnc6ccccc56)[nH]c4-c4ccc5ncnn5c4)c3)c3ncnn3c2)n1. The van der Waals surface area contributed by atoms with Crippen LogP contribution in [0.25, 0.3) is 140 Å². The summed E-state index contributed by atoms with van der Waals surface area (Å²) in [5, 5.41) is 31.1. The quantitative estimate of drug-likeness (QED) is 0.0345. The number of H-pyrrole nitrogens is 3. The molecule has 13 heterocycles. The number of para-hydroxylation sites is 1. The summed E-state index contributed by atoms with van der Waals surface area (Å²) in [6.07, 6.45) is 14.2. The number of pyridine rings is 7. The third-order valence-electron chi connectivity index (χ3n) is 19.1. The van der Waals surface area contributed by atoms with Crippen LogP contribution in [0.4, 0.5) is 0 Å². The first-order valence-electron chi connectivity index (χ1n) is 34.7. The van der Waals surface area contributed by atoms with Gasteiger partial charge in [0.05, 0.1) is 59.3 Å². The van der Waals surface area contributed by atoms with Gasteiger partial charge in [0, 0.05) is 81.6 Å². The first kappa shape index (κ1) is 63.1. The van der Waals surface area contributed by atoms with E-state index in [4.69, 9.17) is 50.1 Å². The molecule has 0 unspecified atom stereocenters. The summed E-state index contributed by atoms with van der Waals surface area (Å²) in [4.78, 5) is 61.6. The molecule has 0 saturated heterocycles. The van der Waals surface area contributed by atoms with Crippen LogP contribution in [-0.4, -0.2) is 107 Å². The second-order valence-electron chi connectivity index (χ2n) is 26.2. The summed E-state index contributed by atoms with van der Waals surface area (Å²) in [5.74, 6) is 2.25. The van der Waals surface area contributed by atoms with Crippen LogP contribution in [0.3, 0.4) is 0 Å². The molecule has 0 aliphatic heterocycles. The molecular formula is C82H68N22. The molecule has 506 valence electrons. The molecule has 0 aliphatic carbocycles. The molecule has 6 N–H and O–H groups in total. The van der Waals surface area contributed by atoms with Gasteiger partial charge in [0.15, 0.2) is 16.9 Å². The highest BCUT2D eigenvalue weighted by Gasteiger charge is 2.25. The molecule has 22 heteroatoms. The summed E-state index contributed by atoms with van der Waals surface area (Å²) in [7, 11) is 0. The van der Waals surface area contributed by atoms with Crippen molar-refractivity contribution in [2.24, 2.45) is 0 Å². The predicted molar refractivity (Wildman–Crippen MR) is 405 cm³/mol. The van der Waals surface area contributed by atoms with Crippen LogP contribution in [0, 0.1) is 20.8 Å². The Kier molecular flexibility index (Phi) is 16.4. The van der Waals surface area contributed by atoms with Crippen molar-refractivity contribution in [1.82, 2.24) is 110 Å².